The number of barbiturate groups is 1. The van der Waals surface area contributed by atoms with Crippen molar-refractivity contribution in [1.29, 1.82) is 0 Å². The Kier molecular flexibility index (Phi) is 6.33. The van der Waals surface area contributed by atoms with Gasteiger partial charge in [0.05, 0.1) is 43.0 Å². The number of urea groups is 1. The number of imide groups is 2. The Morgan fingerprint density at radius 3 is 1.26 bits per heavy atom. The molecule has 194 valence electrons. The quantitative estimate of drug-likeness (QED) is 0.138. The van der Waals surface area contributed by atoms with Gasteiger partial charge in [-0.3, -0.25) is 50.0 Å². The largest absolute Gasteiger partial charge is 0.354 e. The zero-order valence-corrected chi connectivity index (χ0v) is 20.4. The first-order valence-electron chi connectivity index (χ1n) is 9.85. The summed E-state index contributed by atoms with van der Waals surface area (Å²) in [6, 6.07) is 1.57. The van der Waals surface area contributed by atoms with Crippen molar-refractivity contribution in [2.75, 3.05) is 12.5 Å². The van der Waals surface area contributed by atoms with Crippen LogP contribution >= 0.6 is 23.9 Å². The Bertz CT molecular complexity index is 1480. The summed E-state index contributed by atoms with van der Waals surface area (Å²) in [5.41, 5.74) is -7.12. The van der Waals surface area contributed by atoms with Gasteiger partial charge in [-0.25, -0.2) is 4.79 Å². The van der Waals surface area contributed by atoms with E-state index in [1.807, 2.05) is 0 Å². The highest BCUT2D eigenvalue weighted by Crippen LogP contribution is 2.56. The van der Waals surface area contributed by atoms with E-state index in [1.165, 1.54) is 12.5 Å². The van der Waals surface area contributed by atoms with E-state index < -0.39 is 93.7 Å². The number of amides is 4. The lowest BCUT2D eigenvalue weighted by Gasteiger charge is -2.31. The van der Waals surface area contributed by atoms with Crippen molar-refractivity contribution >= 4 is 70.1 Å². The van der Waals surface area contributed by atoms with E-state index in [2.05, 4.69) is 0 Å². The summed E-state index contributed by atoms with van der Waals surface area (Å²) in [6.07, 6.45) is 2.66. The van der Waals surface area contributed by atoms with Gasteiger partial charge >= 0.3 is 6.03 Å². The molecule has 1 aliphatic carbocycles. The number of nitro benzene ring substituents is 4. The molecule has 2 aliphatic rings. The van der Waals surface area contributed by atoms with Gasteiger partial charge in [-0.2, -0.15) is 8.61 Å². The van der Waals surface area contributed by atoms with Crippen LogP contribution in [-0.4, -0.2) is 58.7 Å². The SMILES string of the molecule is CSN1C(=O)C(=C2c3cc([N+](=O)[O-])cc([N+](=O)[O-])c3-c3c2cc([N+](=O)[O-])cc3[N+](=O)[O-])C(=O)N(SC)C1=O. The first kappa shape index (κ1) is 26.2. The predicted molar refractivity (Wildman–Crippen MR) is 131 cm³/mol. The number of fused-ring (bicyclic) bond motifs is 3. The van der Waals surface area contributed by atoms with E-state index in [9.17, 15) is 54.8 Å². The van der Waals surface area contributed by atoms with E-state index in [4.69, 9.17) is 0 Å². The molecule has 19 heteroatoms. The molecular weight excluding hydrogens is 552 g/mol. The number of nitrogens with zero attached hydrogens (tertiary/aromatic N) is 6. The number of hydrogen-bond donors (Lipinski definition) is 0. The average Bonchev–Trinajstić information content (AvgIpc) is 3.17. The molecule has 4 amide bonds. The summed E-state index contributed by atoms with van der Waals surface area (Å²) in [4.78, 5) is 82.3. The highest BCUT2D eigenvalue weighted by Gasteiger charge is 2.48. The molecule has 2 aromatic carbocycles. The van der Waals surface area contributed by atoms with E-state index in [0.29, 0.717) is 44.6 Å². The van der Waals surface area contributed by atoms with Crippen LogP contribution in [0.15, 0.2) is 29.8 Å². The number of rotatable bonds is 6. The van der Waals surface area contributed by atoms with Gasteiger partial charge in [-0.15, -0.1) is 0 Å². The summed E-state index contributed by atoms with van der Waals surface area (Å²) in [6.45, 7) is 0. The number of hydrogen-bond acceptors (Lipinski definition) is 13. The molecule has 1 saturated heterocycles. The summed E-state index contributed by atoms with van der Waals surface area (Å²) < 4.78 is 1.13. The molecule has 0 aromatic heterocycles. The number of carbonyl (C=O) groups is 3. The van der Waals surface area contributed by atoms with E-state index >= 15 is 0 Å². The predicted octanol–water partition coefficient (Wildman–Crippen LogP) is 3.45. The van der Waals surface area contributed by atoms with Crippen molar-refractivity contribution in [3.63, 3.8) is 0 Å². The molecule has 1 heterocycles. The Morgan fingerprint density at radius 2 is 0.974 bits per heavy atom. The summed E-state index contributed by atoms with van der Waals surface area (Å²) in [5.74, 6) is -2.45. The topological polar surface area (TPSA) is 230 Å². The lowest BCUT2D eigenvalue weighted by Crippen LogP contribution is -2.50. The third-order valence-corrected chi connectivity index (χ3v) is 6.94. The molecule has 1 aliphatic heterocycles. The van der Waals surface area contributed by atoms with Gasteiger partial charge in [0.2, 0.25) is 0 Å². The molecule has 0 unspecified atom stereocenters. The van der Waals surface area contributed by atoms with Crippen LogP contribution in [-0.2, 0) is 9.59 Å². The molecule has 38 heavy (non-hydrogen) atoms. The first-order valence-corrected chi connectivity index (χ1v) is 12.2. The average molecular weight is 562 g/mol. The van der Waals surface area contributed by atoms with E-state index in [0.717, 1.165) is 12.1 Å². The van der Waals surface area contributed by atoms with Gasteiger partial charge in [0, 0.05) is 41.3 Å². The van der Waals surface area contributed by atoms with Crippen LogP contribution in [0.3, 0.4) is 0 Å². The van der Waals surface area contributed by atoms with Crippen molar-refractivity contribution in [3.8, 4) is 11.1 Å². The van der Waals surface area contributed by atoms with Crippen LogP contribution in [0.1, 0.15) is 11.1 Å². The maximum atomic E-state index is 13.4. The number of nitro groups is 4. The number of carbonyl (C=O) groups excluding carboxylic acids is 3. The first-order chi connectivity index (χ1) is 17.8. The highest BCUT2D eigenvalue weighted by atomic mass is 32.2. The molecule has 0 N–H and O–H groups in total. The molecule has 0 bridgehead atoms. The Labute approximate surface area is 217 Å². The summed E-state index contributed by atoms with van der Waals surface area (Å²) in [5, 5.41) is 47.1. The van der Waals surface area contributed by atoms with Crippen LogP contribution in [0.25, 0.3) is 16.7 Å². The van der Waals surface area contributed by atoms with Gasteiger partial charge in [0.25, 0.3) is 34.6 Å². The van der Waals surface area contributed by atoms with Crippen molar-refractivity contribution in [2.24, 2.45) is 0 Å². The third kappa shape index (κ3) is 3.71. The second-order valence-corrected chi connectivity index (χ2v) is 8.86. The van der Waals surface area contributed by atoms with Gasteiger partial charge in [-0.1, -0.05) is 0 Å². The lowest BCUT2D eigenvalue weighted by atomic mass is 9.95. The van der Waals surface area contributed by atoms with E-state index in [-0.39, 0.29) is 0 Å². The summed E-state index contributed by atoms with van der Waals surface area (Å²) >= 11 is 1.20. The van der Waals surface area contributed by atoms with Crippen LogP contribution in [0, 0.1) is 40.5 Å². The van der Waals surface area contributed by atoms with Crippen molar-refractivity contribution in [3.05, 3.63) is 81.4 Å². The molecular formula is C19H10N6O11S2. The van der Waals surface area contributed by atoms with Gasteiger partial charge in [-0.05, 0) is 23.9 Å². The van der Waals surface area contributed by atoms with Crippen LogP contribution < -0.4 is 0 Å². The maximum absolute atomic E-state index is 13.4. The lowest BCUT2D eigenvalue weighted by molar-refractivity contribution is -0.395. The van der Waals surface area contributed by atoms with Crippen molar-refractivity contribution in [2.45, 2.75) is 0 Å². The Morgan fingerprint density at radius 1 is 0.605 bits per heavy atom. The van der Waals surface area contributed by atoms with Gasteiger partial charge < -0.3 is 0 Å². The minimum absolute atomic E-state index is 0.488. The molecule has 2 aromatic rings. The highest BCUT2D eigenvalue weighted by molar-refractivity contribution is 7.98. The number of non-ortho nitro benzene ring substituents is 2. The van der Waals surface area contributed by atoms with Crippen molar-refractivity contribution in [1.82, 2.24) is 8.61 Å². The fourth-order valence-electron chi connectivity index (χ4n) is 4.14. The maximum Gasteiger partial charge on any atom is 0.354 e. The molecule has 0 saturated carbocycles. The fourth-order valence-corrected chi connectivity index (χ4v) is 5.19. The number of benzene rings is 2. The minimum atomic E-state index is -1.23. The molecule has 0 radical (unpaired) electrons. The van der Waals surface area contributed by atoms with Gasteiger partial charge in [0.1, 0.15) is 5.57 Å². The van der Waals surface area contributed by atoms with Crippen LogP contribution in [0.2, 0.25) is 0 Å². The standard InChI is InChI=1S/C19H10N6O11S2/c1-37-20-17(26)16(18(27)21(38-2)19(20)28)13-9-3-7(22(29)30)5-11(24(33)34)14(9)15-10(13)4-8(23(31)32)6-12(15)25(35)36/h3-6H,1-2H3. The summed E-state index contributed by atoms with van der Waals surface area (Å²) in [7, 11) is 0. The molecule has 1 fully saturated rings. The molecule has 0 atom stereocenters. The minimum Gasteiger partial charge on any atom is -0.267 e. The normalized spacial score (nSPS) is 14.5. The second kappa shape index (κ2) is 9.19. The zero-order valence-electron chi connectivity index (χ0n) is 18.8. The Balaban J connectivity index is 2.30. The van der Waals surface area contributed by atoms with Crippen LogP contribution in [0.4, 0.5) is 27.5 Å². The smallest absolute Gasteiger partial charge is 0.267 e. The molecule has 4 rings (SSSR count). The van der Waals surface area contributed by atoms with Crippen LogP contribution in [0.5, 0.6) is 0 Å². The van der Waals surface area contributed by atoms with Crippen molar-refractivity contribution < 1.29 is 34.1 Å². The zero-order chi connectivity index (χ0) is 28.2. The molecule has 17 nitrogen and oxygen atoms in total. The molecule has 0 spiro atoms. The second-order valence-electron chi connectivity index (χ2n) is 7.40. The fraction of sp³-hybridized carbons (Fsp3) is 0.105. The van der Waals surface area contributed by atoms with Gasteiger partial charge in [0.15, 0.2) is 0 Å². The Hall–Kier alpha value is -4.91. The van der Waals surface area contributed by atoms with E-state index in [1.54, 1.807) is 0 Å². The third-order valence-electron chi connectivity index (χ3n) is 5.57. The monoisotopic (exact) mass is 562 g/mol.